The van der Waals surface area contributed by atoms with E-state index >= 15 is 0 Å². The molecule has 0 radical (unpaired) electrons. The highest BCUT2D eigenvalue weighted by Gasteiger charge is 2.39. The third kappa shape index (κ3) is 6.97. The number of hydrogen-bond donors (Lipinski definition) is 0. The average molecular weight is 590 g/mol. The van der Waals surface area contributed by atoms with E-state index in [1.165, 1.54) is 6.07 Å². The number of benzene rings is 4. The van der Waals surface area contributed by atoms with E-state index in [1.54, 1.807) is 18.2 Å². The average Bonchev–Trinajstić information content (AvgIpc) is 2.90. The first kappa shape index (κ1) is 30.3. The van der Waals surface area contributed by atoms with Crippen LogP contribution in [0.3, 0.4) is 0 Å². The van der Waals surface area contributed by atoms with E-state index in [4.69, 9.17) is 0 Å². The Morgan fingerprint density at radius 1 is 0.690 bits per heavy atom. The third-order valence-electron chi connectivity index (χ3n) is 6.06. The fourth-order valence-electron chi connectivity index (χ4n) is 3.98. The van der Waals surface area contributed by atoms with Gasteiger partial charge < -0.3 is 4.74 Å². The Labute approximate surface area is 234 Å². The molecule has 0 saturated carbocycles. The van der Waals surface area contributed by atoms with Gasteiger partial charge in [0, 0.05) is 11.6 Å². The first-order chi connectivity index (χ1) is 19.8. The summed E-state index contributed by atoms with van der Waals surface area (Å²) in [5.74, 6) is -2.67. The molecule has 0 aliphatic heterocycles. The van der Waals surface area contributed by atoms with Crippen molar-refractivity contribution in [3.63, 3.8) is 0 Å². The van der Waals surface area contributed by atoms with Crippen LogP contribution >= 0.6 is 0 Å². The second-order valence-electron chi connectivity index (χ2n) is 9.04. The van der Waals surface area contributed by atoms with Gasteiger partial charge in [0.15, 0.2) is 0 Å². The van der Waals surface area contributed by atoms with Crippen LogP contribution in [0.25, 0.3) is 11.1 Å². The normalized spacial score (nSPS) is 11.5. The molecule has 0 atom stereocenters. The number of ether oxygens (including phenoxy) is 1. The Kier molecular flexibility index (Phi) is 8.71. The maximum absolute atomic E-state index is 14.8. The molecular formula is C32H19F9O. The molecule has 0 aromatic heterocycles. The van der Waals surface area contributed by atoms with Crippen LogP contribution in [0, 0.1) is 35.1 Å². The molecule has 0 amide bonds. The van der Waals surface area contributed by atoms with Crippen LogP contribution in [-0.4, -0.2) is 0 Å². The molecule has 4 aromatic carbocycles. The van der Waals surface area contributed by atoms with Gasteiger partial charge in [0.1, 0.15) is 34.6 Å². The summed E-state index contributed by atoms with van der Waals surface area (Å²) >= 11 is 0. The molecule has 0 aliphatic rings. The lowest BCUT2D eigenvalue weighted by Gasteiger charge is -2.19. The molecule has 0 unspecified atom stereocenters. The van der Waals surface area contributed by atoms with Gasteiger partial charge in [0.2, 0.25) is 0 Å². The molecule has 0 saturated heterocycles. The van der Waals surface area contributed by atoms with Crippen molar-refractivity contribution in [1.29, 1.82) is 0 Å². The van der Waals surface area contributed by atoms with Crippen LogP contribution in [0.1, 0.15) is 34.2 Å². The number of rotatable bonds is 7. The third-order valence-corrected chi connectivity index (χ3v) is 6.06. The van der Waals surface area contributed by atoms with Crippen molar-refractivity contribution >= 4 is 0 Å². The van der Waals surface area contributed by atoms with Crippen LogP contribution < -0.4 is 4.74 Å². The Bertz CT molecular complexity index is 1650. The van der Waals surface area contributed by atoms with Gasteiger partial charge in [-0.3, -0.25) is 0 Å². The molecule has 216 valence electrons. The van der Waals surface area contributed by atoms with E-state index in [1.807, 2.05) is 12.1 Å². The number of aryl methyl sites for hydroxylation is 1. The maximum Gasteiger partial charge on any atom is 0.429 e. The number of allylic oxidation sites excluding steroid dienone is 1. The Morgan fingerprint density at radius 3 is 1.90 bits per heavy atom. The molecule has 0 aliphatic carbocycles. The molecule has 0 heterocycles. The lowest BCUT2D eigenvalue weighted by Crippen LogP contribution is -2.23. The second-order valence-corrected chi connectivity index (χ2v) is 9.04. The predicted molar refractivity (Wildman–Crippen MR) is 139 cm³/mol. The van der Waals surface area contributed by atoms with Crippen molar-refractivity contribution in [2.75, 3.05) is 0 Å². The summed E-state index contributed by atoms with van der Waals surface area (Å²) in [6.07, 6.45) is -6.14. The van der Waals surface area contributed by atoms with Gasteiger partial charge in [0.25, 0.3) is 0 Å². The minimum Gasteiger partial charge on any atom is -0.429 e. The van der Waals surface area contributed by atoms with E-state index in [2.05, 4.69) is 23.2 Å². The number of hydrogen-bond acceptors (Lipinski definition) is 1. The minimum absolute atomic E-state index is 0.327. The zero-order valence-corrected chi connectivity index (χ0v) is 21.4. The largest absolute Gasteiger partial charge is 0.429 e. The molecule has 42 heavy (non-hydrogen) atoms. The van der Waals surface area contributed by atoms with Gasteiger partial charge in [-0.2, -0.15) is 22.0 Å². The Morgan fingerprint density at radius 2 is 1.33 bits per heavy atom. The Hall–Kier alpha value is -4.65. The fourth-order valence-corrected chi connectivity index (χ4v) is 3.98. The molecule has 0 bridgehead atoms. The van der Waals surface area contributed by atoms with Crippen molar-refractivity contribution in [2.45, 2.75) is 25.1 Å². The van der Waals surface area contributed by atoms with Crippen LogP contribution in [0.2, 0.25) is 0 Å². The molecular weight excluding hydrogens is 571 g/mol. The van der Waals surface area contributed by atoms with E-state index in [0.29, 0.717) is 29.3 Å². The van der Waals surface area contributed by atoms with E-state index in [-0.39, 0.29) is 0 Å². The summed E-state index contributed by atoms with van der Waals surface area (Å²) in [4.78, 5) is 0. The molecule has 4 aromatic rings. The van der Waals surface area contributed by atoms with Gasteiger partial charge in [-0.15, -0.1) is 6.58 Å². The van der Waals surface area contributed by atoms with Crippen molar-refractivity contribution in [3.05, 3.63) is 137 Å². The van der Waals surface area contributed by atoms with E-state index in [9.17, 15) is 39.5 Å². The molecule has 0 N–H and O–H groups in total. The summed E-state index contributed by atoms with van der Waals surface area (Å²) in [6.45, 7) is 3.66. The molecule has 10 heteroatoms. The summed E-state index contributed by atoms with van der Waals surface area (Å²) < 4.78 is 129. The van der Waals surface area contributed by atoms with Crippen LogP contribution in [0.15, 0.2) is 85.5 Å². The first-order valence-electron chi connectivity index (χ1n) is 12.2. The molecule has 1 nitrogen and oxygen atoms in total. The zero-order chi connectivity index (χ0) is 30.7. The lowest BCUT2D eigenvalue weighted by molar-refractivity contribution is -0.187. The highest BCUT2D eigenvalue weighted by molar-refractivity contribution is 5.64. The maximum atomic E-state index is 14.8. The highest BCUT2D eigenvalue weighted by Crippen LogP contribution is 2.36. The fraction of sp³-hybridized carbons (Fsp3) is 0.125. The SMILES string of the molecule is C=CCCc1ccc(-c2ccc(C(F)(F)Oc3ccc(C#Cc4cc(F)c(C(F)(F)F)c(F)c4)c(F)c3)c(F)c2)cc1. The van der Waals surface area contributed by atoms with Crippen LogP contribution in [0.4, 0.5) is 39.5 Å². The predicted octanol–water partition coefficient (Wildman–Crippen LogP) is 9.58. The van der Waals surface area contributed by atoms with E-state index in [0.717, 1.165) is 42.7 Å². The lowest BCUT2D eigenvalue weighted by atomic mass is 10.0. The van der Waals surface area contributed by atoms with Crippen molar-refractivity contribution < 1.29 is 44.3 Å². The summed E-state index contributed by atoms with van der Waals surface area (Å²) in [5, 5.41) is 0. The molecule has 0 spiro atoms. The molecule has 4 rings (SSSR count). The molecule has 0 fully saturated rings. The highest BCUT2D eigenvalue weighted by atomic mass is 19.4. The van der Waals surface area contributed by atoms with Gasteiger partial charge in [-0.25, -0.2) is 17.6 Å². The smallest absolute Gasteiger partial charge is 0.429 e. The second kappa shape index (κ2) is 12.1. The van der Waals surface area contributed by atoms with Crippen LogP contribution in [0.5, 0.6) is 5.75 Å². The number of halogens is 9. The van der Waals surface area contributed by atoms with Crippen molar-refractivity contribution in [3.8, 4) is 28.7 Å². The topological polar surface area (TPSA) is 9.23 Å². The van der Waals surface area contributed by atoms with Crippen molar-refractivity contribution in [2.24, 2.45) is 0 Å². The van der Waals surface area contributed by atoms with Gasteiger partial charge in [0.05, 0.1) is 11.1 Å². The minimum atomic E-state index is -5.27. The van der Waals surface area contributed by atoms with Gasteiger partial charge in [-0.05, 0) is 65.9 Å². The summed E-state index contributed by atoms with van der Waals surface area (Å²) in [7, 11) is 0. The quantitative estimate of drug-likeness (QED) is 0.118. The van der Waals surface area contributed by atoms with Gasteiger partial charge in [-0.1, -0.05) is 48.2 Å². The van der Waals surface area contributed by atoms with Gasteiger partial charge >= 0.3 is 12.3 Å². The summed E-state index contributed by atoms with van der Waals surface area (Å²) in [6, 6.07) is 13.2. The Balaban J connectivity index is 1.50. The number of alkyl halides is 5. The van der Waals surface area contributed by atoms with Crippen LogP contribution in [-0.2, 0) is 18.7 Å². The standard InChI is InChI=1S/C32H19F9O/c1-2-3-4-19-5-8-21(9-6-19)23-12-14-25(27(34)17-23)32(40,41)42-24-13-11-22(26(33)18-24)10-7-20-15-28(35)30(29(36)16-20)31(37,38)39/h2,5-6,8-9,11-18H,1,3-4H2. The zero-order valence-electron chi connectivity index (χ0n) is 21.4. The summed E-state index contributed by atoms with van der Waals surface area (Å²) in [5.41, 5.74) is -2.16. The van der Waals surface area contributed by atoms with Crippen molar-refractivity contribution in [1.82, 2.24) is 0 Å². The monoisotopic (exact) mass is 590 g/mol. The van der Waals surface area contributed by atoms with E-state index < -0.39 is 63.6 Å². The first-order valence-corrected chi connectivity index (χ1v) is 12.2.